The molecule has 7 nitrogen and oxygen atoms in total. The van der Waals surface area contributed by atoms with E-state index in [0.29, 0.717) is 11.6 Å². The molecule has 2 aromatic heterocycles. The van der Waals surface area contributed by atoms with Gasteiger partial charge in [0.1, 0.15) is 0 Å². The summed E-state index contributed by atoms with van der Waals surface area (Å²) in [6, 6.07) is 5.40. The van der Waals surface area contributed by atoms with Gasteiger partial charge in [-0.2, -0.15) is 5.10 Å². The number of likely N-dealkylation sites (N-methyl/N-ethyl adjacent to an activating group) is 1. The second-order valence-corrected chi connectivity index (χ2v) is 8.28. The molecule has 1 aromatic carbocycles. The normalized spacial score (nSPS) is 15.6. The lowest BCUT2D eigenvalue weighted by Gasteiger charge is -2.32. The number of carboxylic acids is 1. The van der Waals surface area contributed by atoms with Gasteiger partial charge >= 0.3 is 5.97 Å². The van der Waals surface area contributed by atoms with Crippen molar-refractivity contribution in [1.29, 1.82) is 0 Å². The molecule has 0 bridgehead atoms. The summed E-state index contributed by atoms with van der Waals surface area (Å²) < 4.78 is 2.72. The van der Waals surface area contributed by atoms with Gasteiger partial charge in [-0.05, 0) is 32.2 Å². The van der Waals surface area contributed by atoms with Crippen LogP contribution in [0.2, 0.25) is 5.02 Å². The molecule has 1 N–H and O–H groups in total. The molecule has 1 aliphatic rings. The van der Waals surface area contributed by atoms with Crippen LogP contribution in [0.1, 0.15) is 21.7 Å². The van der Waals surface area contributed by atoms with Gasteiger partial charge in [0.15, 0.2) is 10.8 Å². The van der Waals surface area contributed by atoms with Gasteiger partial charge in [-0.15, -0.1) is 0 Å². The molecular formula is C18H20ClN5O2S. The molecule has 9 heteroatoms. The Morgan fingerprint density at radius 3 is 2.67 bits per heavy atom. The Hall–Kier alpha value is -2.16. The summed E-state index contributed by atoms with van der Waals surface area (Å²) in [5, 5.41) is 15.0. The van der Waals surface area contributed by atoms with Crippen molar-refractivity contribution in [3.63, 3.8) is 0 Å². The molecule has 142 valence electrons. The highest BCUT2D eigenvalue weighted by atomic mass is 35.5. The van der Waals surface area contributed by atoms with Crippen LogP contribution in [0.5, 0.6) is 0 Å². The molecule has 1 fully saturated rings. The standard InChI is InChI=1S/C18H20ClN5O2S/c1-11-7-14(17(25)26)21-24(11)10-12-8-13(19)9-15-16(12)20-18(27-15)23-5-3-22(2)4-6-23/h7-9H,3-6,10H2,1-2H3,(H,25,26). The molecule has 0 unspecified atom stereocenters. The van der Waals surface area contributed by atoms with Crippen LogP contribution in [0, 0.1) is 6.92 Å². The van der Waals surface area contributed by atoms with Crippen molar-refractivity contribution in [2.75, 3.05) is 38.1 Å². The average Bonchev–Trinajstić information content (AvgIpc) is 3.20. The Labute approximate surface area is 165 Å². The van der Waals surface area contributed by atoms with E-state index in [1.807, 2.05) is 19.1 Å². The number of aromatic nitrogens is 3. The fraction of sp³-hybridized carbons (Fsp3) is 0.389. The van der Waals surface area contributed by atoms with Crippen LogP contribution in [0.4, 0.5) is 5.13 Å². The van der Waals surface area contributed by atoms with Crippen LogP contribution >= 0.6 is 22.9 Å². The Morgan fingerprint density at radius 1 is 1.26 bits per heavy atom. The maximum atomic E-state index is 11.2. The van der Waals surface area contributed by atoms with E-state index in [4.69, 9.17) is 21.7 Å². The molecular weight excluding hydrogens is 386 g/mol. The second kappa shape index (κ2) is 7.10. The minimum absolute atomic E-state index is 0.0437. The first-order chi connectivity index (χ1) is 12.9. The first-order valence-electron chi connectivity index (χ1n) is 8.71. The number of benzene rings is 1. The van der Waals surface area contributed by atoms with Crippen molar-refractivity contribution in [3.05, 3.63) is 40.2 Å². The van der Waals surface area contributed by atoms with E-state index in [-0.39, 0.29) is 5.69 Å². The molecule has 0 spiro atoms. The van der Waals surface area contributed by atoms with Crippen LogP contribution < -0.4 is 4.90 Å². The predicted molar refractivity (Wildman–Crippen MR) is 107 cm³/mol. The van der Waals surface area contributed by atoms with Gasteiger partial charge in [-0.1, -0.05) is 22.9 Å². The smallest absolute Gasteiger partial charge is 0.356 e. The molecule has 0 saturated carbocycles. The first kappa shape index (κ1) is 18.2. The third-order valence-electron chi connectivity index (χ3n) is 4.82. The van der Waals surface area contributed by atoms with E-state index in [1.165, 1.54) is 0 Å². The van der Waals surface area contributed by atoms with Crippen molar-refractivity contribution in [2.24, 2.45) is 0 Å². The van der Waals surface area contributed by atoms with Gasteiger partial charge in [0, 0.05) is 42.5 Å². The molecule has 3 heterocycles. The number of aromatic carboxylic acids is 1. The Kier molecular flexibility index (Phi) is 4.79. The third-order valence-corrected chi connectivity index (χ3v) is 6.10. The number of carboxylic acid groups (broad SMARTS) is 1. The van der Waals surface area contributed by atoms with Crippen LogP contribution in [0.25, 0.3) is 10.2 Å². The highest BCUT2D eigenvalue weighted by Crippen LogP contribution is 2.34. The zero-order valence-electron chi connectivity index (χ0n) is 15.1. The van der Waals surface area contributed by atoms with E-state index in [1.54, 1.807) is 22.1 Å². The van der Waals surface area contributed by atoms with Gasteiger partial charge in [-0.25, -0.2) is 9.78 Å². The Balaban J connectivity index is 1.69. The highest BCUT2D eigenvalue weighted by molar-refractivity contribution is 7.22. The zero-order chi connectivity index (χ0) is 19.1. The summed E-state index contributed by atoms with van der Waals surface area (Å²) in [5.41, 5.74) is 2.68. The minimum atomic E-state index is -1.03. The molecule has 3 aromatic rings. The number of fused-ring (bicyclic) bond motifs is 1. The third kappa shape index (κ3) is 3.65. The van der Waals surface area contributed by atoms with E-state index in [0.717, 1.165) is 52.8 Å². The van der Waals surface area contributed by atoms with E-state index < -0.39 is 5.97 Å². The summed E-state index contributed by atoms with van der Waals surface area (Å²) in [5.74, 6) is -1.03. The number of piperazine rings is 1. The molecule has 27 heavy (non-hydrogen) atoms. The topological polar surface area (TPSA) is 74.5 Å². The van der Waals surface area contributed by atoms with Gasteiger partial charge in [0.05, 0.1) is 16.8 Å². The summed E-state index contributed by atoms with van der Waals surface area (Å²) in [7, 11) is 2.13. The van der Waals surface area contributed by atoms with Crippen molar-refractivity contribution in [3.8, 4) is 0 Å². The van der Waals surface area contributed by atoms with E-state index in [9.17, 15) is 4.79 Å². The molecule has 0 radical (unpaired) electrons. The maximum absolute atomic E-state index is 11.2. The largest absolute Gasteiger partial charge is 0.476 e. The fourth-order valence-electron chi connectivity index (χ4n) is 3.24. The fourth-order valence-corrected chi connectivity index (χ4v) is 4.65. The lowest BCUT2D eigenvalue weighted by atomic mass is 10.2. The van der Waals surface area contributed by atoms with E-state index >= 15 is 0 Å². The molecule has 1 aliphatic heterocycles. The number of nitrogens with zero attached hydrogens (tertiary/aromatic N) is 5. The van der Waals surface area contributed by atoms with Crippen LogP contribution in [-0.4, -0.2) is 64.0 Å². The molecule has 0 atom stereocenters. The summed E-state index contributed by atoms with van der Waals surface area (Å²) in [4.78, 5) is 20.7. The number of carbonyl (C=O) groups is 1. The van der Waals surface area contributed by atoms with Crippen molar-refractivity contribution in [2.45, 2.75) is 13.5 Å². The number of aryl methyl sites for hydroxylation is 1. The van der Waals surface area contributed by atoms with Gasteiger partial charge in [0.2, 0.25) is 0 Å². The lowest BCUT2D eigenvalue weighted by Crippen LogP contribution is -2.44. The number of halogens is 1. The first-order valence-corrected chi connectivity index (χ1v) is 9.90. The van der Waals surface area contributed by atoms with Gasteiger partial charge < -0.3 is 14.9 Å². The molecule has 4 rings (SSSR count). The van der Waals surface area contributed by atoms with Crippen LogP contribution in [-0.2, 0) is 6.54 Å². The van der Waals surface area contributed by atoms with Crippen molar-refractivity contribution >= 4 is 44.3 Å². The number of hydrogen-bond donors (Lipinski definition) is 1. The molecule has 0 aliphatic carbocycles. The maximum Gasteiger partial charge on any atom is 0.356 e. The SMILES string of the molecule is Cc1cc(C(=O)O)nn1Cc1cc(Cl)cc2sc(N3CCN(C)CC3)nc12. The number of hydrogen-bond acceptors (Lipinski definition) is 6. The molecule has 0 amide bonds. The zero-order valence-corrected chi connectivity index (χ0v) is 16.7. The minimum Gasteiger partial charge on any atom is -0.476 e. The summed E-state index contributed by atoms with van der Waals surface area (Å²) in [6.45, 7) is 6.24. The average molecular weight is 406 g/mol. The quantitative estimate of drug-likeness (QED) is 0.719. The predicted octanol–water partition coefficient (Wildman–Crippen LogP) is 2.95. The Morgan fingerprint density at radius 2 is 2.00 bits per heavy atom. The number of rotatable bonds is 4. The van der Waals surface area contributed by atoms with Gasteiger partial charge in [0.25, 0.3) is 0 Å². The monoisotopic (exact) mass is 405 g/mol. The summed E-state index contributed by atoms with van der Waals surface area (Å²) >= 11 is 7.98. The van der Waals surface area contributed by atoms with Crippen LogP contribution in [0.15, 0.2) is 18.2 Å². The summed E-state index contributed by atoms with van der Waals surface area (Å²) in [6.07, 6.45) is 0. The van der Waals surface area contributed by atoms with Gasteiger partial charge in [-0.3, -0.25) is 4.68 Å². The van der Waals surface area contributed by atoms with Crippen molar-refractivity contribution in [1.82, 2.24) is 19.7 Å². The lowest BCUT2D eigenvalue weighted by molar-refractivity contribution is 0.0689. The van der Waals surface area contributed by atoms with Crippen LogP contribution in [0.3, 0.4) is 0 Å². The Bertz CT molecular complexity index is 1010. The molecule has 1 saturated heterocycles. The van der Waals surface area contributed by atoms with Crippen molar-refractivity contribution < 1.29 is 9.90 Å². The van der Waals surface area contributed by atoms with E-state index in [2.05, 4.69) is 21.9 Å². The number of thiazole rings is 1. The highest BCUT2D eigenvalue weighted by Gasteiger charge is 2.20. The second-order valence-electron chi connectivity index (χ2n) is 6.83. The number of anilines is 1.